The maximum atomic E-state index is 12.8. The minimum atomic E-state index is -0.169. The van der Waals surface area contributed by atoms with E-state index < -0.39 is 0 Å². The molecule has 4 nitrogen and oxygen atoms in total. The fourth-order valence-electron chi connectivity index (χ4n) is 2.76. The van der Waals surface area contributed by atoms with E-state index in [2.05, 4.69) is 10.3 Å². The summed E-state index contributed by atoms with van der Waals surface area (Å²) in [5, 5.41) is 2.86. The van der Waals surface area contributed by atoms with Crippen LogP contribution in [0.2, 0.25) is 0 Å². The monoisotopic (exact) mass is 404 g/mol. The third-order valence-electron chi connectivity index (χ3n) is 4.08. The van der Waals surface area contributed by atoms with Crippen molar-refractivity contribution in [3.63, 3.8) is 0 Å². The van der Waals surface area contributed by atoms with Gasteiger partial charge < -0.3 is 5.32 Å². The van der Waals surface area contributed by atoms with Crippen LogP contribution in [0.1, 0.15) is 15.9 Å². The number of nitrogens with one attached hydrogen (secondary N) is 1. The summed E-state index contributed by atoms with van der Waals surface area (Å²) in [6.07, 6.45) is 0. The molecule has 0 unspecified atom stereocenters. The first-order valence-electron chi connectivity index (χ1n) is 8.68. The molecule has 4 aromatic rings. The van der Waals surface area contributed by atoms with Crippen molar-refractivity contribution in [1.29, 1.82) is 0 Å². The summed E-state index contributed by atoms with van der Waals surface area (Å²) in [5.74, 6) is -0.0545. The molecular weight excluding hydrogens is 388 g/mol. The van der Waals surface area contributed by atoms with E-state index in [1.54, 1.807) is 47.7 Å². The quantitative estimate of drug-likeness (QED) is 0.352. The van der Waals surface area contributed by atoms with Gasteiger partial charge >= 0.3 is 0 Å². The van der Waals surface area contributed by atoms with Crippen LogP contribution in [0.25, 0.3) is 10.2 Å². The highest BCUT2D eigenvalue weighted by Gasteiger charge is 2.15. The maximum Gasteiger partial charge on any atom is 0.234 e. The van der Waals surface area contributed by atoms with Crippen molar-refractivity contribution < 1.29 is 9.59 Å². The number of nitrogens with zero attached hydrogens (tertiary/aromatic N) is 1. The van der Waals surface area contributed by atoms with E-state index in [0.717, 1.165) is 14.6 Å². The van der Waals surface area contributed by atoms with Crippen molar-refractivity contribution >= 4 is 50.7 Å². The molecule has 0 bridgehead atoms. The summed E-state index contributed by atoms with van der Waals surface area (Å²) in [7, 11) is 0. The minimum Gasteiger partial charge on any atom is -0.325 e. The van der Waals surface area contributed by atoms with Gasteiger partial charge in [0.25, 0.3) is 0 Å². The summed E-state index contributed by atoms with van der Waals surface area (Å²) in [6, 6.07) is 24.0. The van der Waals surface area contributed by atoms with Crippen LogP contribution in [0.15, 0.2) is 83.2 Å². The zero-order chi connectivity index (χ0) is 19.3. The predicted octanol–water partition coefficient (Wildman–Crippen LogP) is 5.26. The van der Waals surface area contributed by atoms with E-state index in [1.165, 1.54) is 11.8 Å². The normalized spacial score (nSPS) is 10.7. The molecule has 1 amide bonds. The number of benzene rings is 3. The zero-order valence-corrected chi connectivity index (χ0v) is 16.4. The molecule has 0 saturated carbocycles. The van der Waals surface area contributed by atoms with Crippen LogP contribution in [-0.2, 0) is 4.79 Å². The van der Waals surface area contributed by atoms with Crippen molar-refractivity contribution in [3.8, 4) is 0 Å². The Hall–Kier alpha value is -2.96. The van der Waals surface area contributed by atoms with Crippen LogP contribution < -0.4 is 5.32 Å². The van der Waals surface area contributed by atoms with Crippen LogP contribution in [0.5, 0.6) is 0 Å². The van der Waals surface area contributed by atoms with Crippen LogP contribution in [0.4, 0.5) is 5.69 Å². The van der Waals surface area contributed by atoms with Crippen molar-refractivity contribution in [2.24, 2.45) is 0 Å². The SMILES string of the molecule is O=C(CSc1nc2ccccc2s1)Nc1ccccc1C(=O)c1ccccc1. The number of carbonyl (C=O) groups is 2. The Morgan fingerprint density at radius 3 is 2.43 bits per heavy atom. The molecule has 0 aliphatic heterocycles. The summed E-state index contributed by atoms with van der Waals surface area (Å²) in [4.78, 5) is 29.7. The molecule has 0 atom stereocenters. The lowest BCUT2D eigenvalue weighted by molar-refractivity contribution is -0.113. The van der Waals surface area contributed by atoms with Crippen molar-refractivity contribution in [2.45, 2.75) is 4.34 Å². The molecule has 0 saturated heterocycles. The molecule has 1 heterocycles. The largest absolute Gasteiger partial charge is 0.325 e. The molecule has 6 heteroatoms. The second-order valence-electron chi connectivity index (χ2n) is 6.03. The van der Waals surface area contributed by atoms with Crippen LogP contribution in [-0.4, -0.2) is 22.4 Å². The number of rotatable bonds is 6. The van der Waals surface area contributed by atoms with E-state index in [4.69, 9.17) is 0 Å². The van der Waals surface area contributed by atoms with Crippen LogP contribution in [0.3, 0.4) is 0 Å². The van der Waals surface area contributed by atoms with Crippen LogP contribution >= 0.6 is 23.1 Å². The molecule has 0 aliphatic carbocycles. The van der Waals surface area contributed by atoms with Crippen molar-refractivity contribution in [3.05, 3.63) is 90.0 Å². The lowest BCUT2D eigenvalue weighted by Crippen LogP contribution is -2.16. The summed E-state index contributed by atoms with van der Waals surface area (Å²) >= 11 is 2.96. The Morgan fingerprint density at radius 2 is 1.61 bits per heavy atom. The van der Waals surface area contributed by atoms with Gasteiger partial charge in [0.2, 0.25) is 5.91 Å². The highest BCUT2D eigenvalue weighted by molar-refractivity contribution is 8.01. The average Bonchev–Trinajstić information content (AvgIpc) is 3.16. The average molecular weight is 405 g/mol. The van der Waals surface area contributed by atoms with E-state index in [9.17, 15) is 9.59 Å². The zero-order valence-electron chi connectivity index (χ0n) is 14.8. The Morgan fingerprint density at radius 1 is 0.893 bits per heavy atom. The lowest BCUT2D eigenvalue weighted by Gasteiger charge is -2.10. The molecule has 0 spiro atoms. The topological polar surface area (TPSA) is 59.1 Å². The first-order valence-corrected chi connectivity index (χ1v) is 10.5. The second kappa shape index (κ2) is 8.37. The van der Waals surface area contributed by atoms with E-state index in [0.29, 0.717) is 16.8 Å². The molecule has 138 valence electrons. The molecule has 4 rings (SSSR count). The van der Waals surface area contributed by atoms with E-state index in [-0.39, 0.29) is 17.4 Å². The number of amides is 1. The molecule has 1 aromatic heterocycles. The number of hydrogen-bond acceptors (Lipinski definition) is 5. The standard InChI is InChI=1S/C22H16N2O2S2/c25-20(14-27-22-24-18-12-6-7-13-19(18)28-22)23-17-11-5-4-10-16(17)21(26)15-8-2-1-3-9-15/h1-13H,14H2,(H,23,25). The molecular formula is C22H16N2O2S2. The second-order valence-corrected chi connectivity index (χ2v) is 8.28. The number of anilines is 1. The number of thioether (sulfide) groups is 1. The van der Waals surface area contributed by atoms with Crippen molar-refractivity contribution in [2.75, 3.05) is 11.1 Å². The molecule has 3 aromatic carbocycles. The van der Waals surface area contributed by atoms with E-state index in [1.807, 2.05) is 42.5 Å². The molecule has 0 radical (unpaired) electrons. The Bertz CT molecular complexity index is 1110. The summed E-state index contributed by atoms with van der Waals surface area (Å²) in [6.45, 7) is 0. The fourth-order valence-corrected chi connectivity index (χ4v) is 4.63. The van der Waals surface area contributed by atoms with Gasteiger partial charge in [0.05, 0.1) is 21.7 Å². The lowest BCUT2D eigenvalue weighted by atomic mass is 10.0. The van der Waals surface area contributed by atoms with Gasteiger partial charge in [-0.2, -0.15) is 0 Å². The first kappa shape index (κ1) is 18.4. The molecule has 1 N–H and O–H groups in total. The number of para-hydroxylation sites is 2. The van der Waals surface area contributed by atoms with Crippen molar-refractivity contribution in [1.82, 2.24) is 4.98 Å². The molecule has 0 aliphatic rings. The summed E-state index contributed by atoms with van der Waals surface area (Å²) in [5.41, 5.74) is 2.53. The number of carbonyl (C=O) groups excluding carboxylic acids is 2. The highest BCUT2D eigenvalue weighted by atomic mass is 32.2. The van der Waals surface area contributed by atoms with Crippen LogP contribution in [0, 0.1) is 0 Å². The van der Waals surface area contributed by atoms with E-state index >= 15 is 0 Å². The minimum absolute atomic E-state index is 0.115. The van der Waals surface area contributed by atoms with Gasteiger partial charge in [-0.05, 0) is 24.3 Å². The number of thiazole rings is 1. The van der Waals surface area contributed by atoms with Gasteiger partial charge in [0, 0.05) is 11.1 Å². The van der Waals surface area contributed by atoms with Gasteiger partial charge in [0.1, 0.15) is 0 Å². The van der Waals surface area contributed by atoms with Gasteiger partial charge in [-0.3, -0.25) is 9.59 Å². The van der Waals surface area contributed by atoms with Gasteiger partial charge in [0.15, 0.2) is 10.1 Å². The Balaban J connectivity index is 1.45. The molecule has 28 heavy (non-hydrogen) atoms. The third kappa shape index (κ3) is 4.13. The first-order chi connectivity index (χ1) is 13.7. The number of ketones is 1. The number of fused-ring (bicyclic) bond motifs is 1. The van der Waals surface area contributed by atoms with Gasteiger partial charge in [-0.1, -0.05) is 66.4 Å². The summed E-state index contributed by atoms with van der Waals surface area (Å²) < 4.78 is 1.95. The number of hydrogen-bond donors (Lipinski definition) is 1. The number of aromatic nitrogens is 1. The predicted molar refractivity (Wildman–Crippen MR) is 115 cm³/mol. The van der Waals surface area contributed by atoms with Gasteiger partial charge in [-0.15, -0.1) is 11.3 Å². The Kier molecular flexibility index (Phi) is 5.50. The molecule has 0 fully saturated rings. The highest BCUT2D eigenvalue weighted by Crippen LogP contribution is 2.29. The maximum absolute atomic E-state index is 12.8. The fraction of sp³-hybridized carbons (Fsp3) is 0.0455. The van der Waals surface area contributed by atoms with Gasteiger partial charge in [-0.25, -0.2) is 4.98 Å². The Labute approximate surface area is 170 Å². The third-order valence-corrected chi connectivity index (χ3v) is 6.26. The smallest absolute Gasteiger partial charge is 0.234 e.